The molecule has 1 aromatic rings. The average molecular weight is 318 g/mol. The maximum Gasteiger partial charge on any atom is 0.455 e. The number of hydrogen-bond acceptors (Lipinski definition) is 4. The van der Waals surface area contributed by atoms with Gasteiger partial charge in [-0.25, -0.2) is 0 Å². The van der Waals surface area contributed by atoms with E-state index in [0.717, 1.165) is 19.0 Å². The van der Waals surface area contributed by atoms with E-state index in [2.05, 4.69) is 4.90 Å². The molecular weight excluding hydrogens is 305 g/mol. The summed E-state index contributed by atoms with van der Waals surface area (Å²) in [6, 6.07) is 2.84. The molecule has 8 heteroatoms. The number of halogens is 3. The first-order chi connectivity index (χ1) is 9.77. The fraction of sp³-hybridized carbons (Fsp3) is 0.538. The molecule has 0 aliphatic carbocycles. The molecule has 21 heavy (non-hydrogen) atoms. The van der Waals surface area contributed by atoms with Gasteiger partial charge in [0, 0.05) is 25.2 Å². The molecule has 2 bridgehead atoms. The first-order valence-corrected chi connectivity index (χ1v) is 7.31. The van der Waals surface area contributed by atoms with Crippen molar-refractivity contribution in [3.05, 3.63) is 21.9 Å². The van der Waals surface area contributed by atoms with E-state index in [9.17, 15) is 22.8 Å². The highest BCUT2D eigenvalue weighted by Crippen LogP contribution is 2.32. The molecule has 2 saturated heterocycles. The zero-order valence-corrected chi connectivity index (χ0v) is 12.0. The molecule has 1 amide bonds. The Labute approximate surface area is 123 Å². The van der Waals surface area contributed by atoms with E-state index in [0.29, 0.717) is 23.9 Å². The molecule has 0 aromatic carbocycles. The van der Waals surface area contributed by atoms with Gasteiger partial charge in [0.15, 0.2) is 0 Å². The normalized spacial score (nSPS) is 25.6. The van der Waals surface area contributed by atoms with E-state index in [4.69, 9.17) is 0 Å². The molecule has 3 rings (SSSR count). The minimum Gasteiger partial charge on any atom is -0.332 e. The molecule has 114 valence electrons. The van der Waals surface area contributed by atoms with Crippen molar-refractivity contribution < 1.29 is 22.8 Å². The van der Waals surface area contributed by atoms with E-state index < -0.39 is 16.8 Å². The van der Waals surface area contributed by atoms with Gasteiger partial charge in [-0.15, -0.1) is 11.3 Å². The number of hydrogen-bond donors (Lipinski definition) is 0. The second-order valence-electron chi connectivity index (χ2n) is 5.43. The van der Waals surface area contributed by atoms with Crippen LogP contribution in [0.4, 0.5) is 13.2 Å². The zero-order valence-electron chi connectivity index (χ0n) is 11.2. The van der Waals surface area contributed by atoms with Gasteiger partial charge in [-0.1, -0.05) is 0 Å². The molecule has 4 nitrogen and oxygen atoms in total. The van der Waals surface area contributed by atoms with Crippen molar-refractivity contribution in [2.75, 3.05) is 20.1 Å². The molecule has 1 aromatic heterocycles. The van der Waals surface area contributed by atoms with Gasteiger partial charge in [-0.3, -0.25) is 14.5 Å². The van der Waals surface area contributed by atoms with Crippen LogP contribution in [0.5, 0.6) is 0 Å². The van der Waals surface area contributed by atoms with Crippen molar-refractivity contribution in [2.45, 2.75) is 24.7 Å². The average Bonchev–Trinajstić information content (AvgIpc) is 3.09. The van der Waals surface area contributed by atoms with Gasteiger partial charge >= 0.3 is 6.18 Å². The Morgan fingerprint density at radius 2 is 1.86 bits per heavy atom. The highest BCUT2D eigenvalue weighted by Gasteiger charge is 2.44. The Morgan fingerprint density at radius 3 is 2.38 bits per heavy atom. The fourth-order valence-corrected chi connectivity index (χ4v) is 3.89. The lowest BCUT2D eigenvalue weighted by atomic mass is 10.2. The summed E-state index contributed by atoms with van der Waals surface area (Å²) in [6.45, 7) is 1.39. The fourth-order valence-electron chi connectivity index (χ4n) is 2.97. The van der Waals surface area contributed by atoms with Crippen molar-refractivity contribution in [1.82, 2.24) is 9.80 Å². The summed E-state index contributed by atoms with van der Waals surface area (Å²) in [5.74, 6) is -2.17. The number of ketones is 1. The second-order valence-corrected chi connectivity index (χ2v) is 6.51. The van der Waals surface area contributed by atoms with Gasteiger partial charge in [0.2, 0.25) is 0 Å². The minimum absolute atomic E-state index is 0.122. The van der Waals surface area contributed by atoms with Gasteiger partial charge in [0.1, 0.15) is 0 Å². The van der Waals surface area contributed by atoms with Crippen LogP contribution in [0.25, 0.3) is 0 Å². The number of carbonyl (C=O) groups is 2. The lowest BCUT2D eigenvalue weighted by Crippen LogP contribution is -2.47. The number of amides is 1. The number of piperazine rings is 1. The molecule has 0 unspecified atom stereocenters. The summed E-state index contributed by atoms with van der Waals surface area (Å²) in [6.07, 6.45) is -4.00. The van der Waals surface area contributed by atoms with Crippen LogP contribution < -0.4 is 0 Å². The molecule has 2 aliphatic heterocycles. The number of alkyl halides is 3. The van der Waals surface area contributed by atoms with Crippen LogP contribution in [0.3, 0.4) is 0 Å². The molecule has 2 atom stereocenters. The highest BCUT2D eigenvalue weighted by molar-refractivity contribution is 7.16. The molecule has 0 N–H and O–H groups in total. The van der Waals surface area contributed by atoms with E-state index in [-0.39, 0.29) is 16.8 Å². The Hall–Kier alpha value is -1.41. The Bertz CT molecular complexity index is 596. The predicted molar refractivity (Wildman–Crippen MR) is 70.6 cm³/mol. The van der Waals surface area contributed by atoms with Crippen LogP contribution in [0.1, 0.15) is 25.8 Å². The number of thiophene rings is 1. The van der Waals surface area contributed by atoms with E-state index in [1.165, 1.54) is 6.07 Å². The van der Waals surface area contributed by atoms with Gasteiger partial charge in [0.25, 0.3) is 11.7 Å². The van der Waals surface area contributed by atoms with Crippen molar-refractivity contribution >= 4 is 23.0 Å². The van der Waals surface area contributed by atoms with Crippen LogP contribution in [-0.2, 0) is 0 Å². The van der Waals surface area contributed by atoms with Gasteiger partial charge in [-0.2, -0.15) is 13.2 Å². The standard InChI is InChI=1S/C13H13F3N2O2S/c1-17-5-8-4-7(17)6-18(8)12(20)10-3-2-9(21-10)11(19)13(14,15)16/h2-3,7-8H,4-6H2,1H3/t7-,8-/m0/s1. The van der Waals surface area contributed by atoms with Crippen molar-refractivity contribution in [3.63, 3.8) is 0 Å². The molecule has 2 aliphatic rings. The third kappa shape index (κ3) is 2.46. The smallest absolute Gasteiger partial charge is 0.332 e. The first kappa shape index (κ1) is 14.5. The number of fused-ring (bicyclic) bond motifs is 2. The summed E-state index contributed by atoms with van der Waals surface area (Å²) in [7, 11) is 2.00. The predicted octanol–water partition coefficient (Wildman–Crippen LogP) is 2.02. The number of nitrogens with zero attached hydrogens (tertiary/aromatic N) is 2. The van der Waals surface area contributed by atoms with E-state index >= 15 is 0 Å². The third-order valence-corrected chi connectivity index (χ3v) is 5.15. The van der Waals surface area contributed by atoms with E-state index in [1.54, 1.807) is 4.90 Å². The van der Waals surface area contributed by atoms with Crippen LogP contribution in [0.2, 0.25) is 0 Å². The number of likely N-dealkylation sites (tertiary alicyclic amines) is 2. The molecule has 0 radical (unpaired) electrons. The van der Waals surface area contributed by atoms with Crippen LogP contribution >= 0.6 is 11.3 Å². The van der Waals surface area contributed by atoms with E-state index in [1.807, 2.05) is 7.05 Å². The summed E-state index contributed by atoms with van der Waals surface area (Å²) in [5, 5.41) is 0. The number of Topliss-reactive ketones (excluding diaryl/α,β-unsaturated/α-hetero) is 1. The zero-order chi connectivity index (χ0) is 15.4. The molecule has 0 saturated carbocycles. The summed E-state index contributed by atoms with van der Waals surface area (Å²) < 4.78 is 37.1. The lowest BCUT2D eigenvalue weighted by molar-refractivity contribution is -0.0882. The van der Waals surface area contributed by atoms with Gasteiger partial charge < -0.3 is 4.90 Å². The minimum atomic E-state index is -4.90. The number of rotatable bonds is 2. The molecular formula is C13H13F3N2O2S. The summed E-state index contributed by atoms with van der Waals surface area (Å²) in [4.78, 5) is 27.1. The number of carbonyl (C=O) groups excluding carboxylic acids is 2. The van der Waals surface area contributed by atoms with Gasteiger partial charge in [-0.05, 0) is 25.6 Å². The second kappa shape index (κ2) is 4.81. The van der Waals surface area contributed by atoms with Crippen molar-refractivity contribution in [3.8, 4) is 0 Å². The highest BCUT2D eigenvalue weighted by atomic mass is 32.1. The van der Waals surface area contributed by atoms with Crippen LogP contribution in [0, 0.1) is 0 Å². The topological polar surface area (TPSA) is 40.6 Å². The Morgan fingerprint density at radius 1 is 1.19 bits per heavy atom. The van der Waals surface area contributed by atoms with Crippen LogP contribution in [0.15, 0.2) is 12.1 Å². The SMILES string of the molecule is CN1C[C@@H]2C[C@H]1CN2C(=O)c1ccc(C(=O)C(F)(F)F)s1. The van der Waals surface area contributed by atoms with Crippen LogP contribution in [-0.4, -0.2) is 59.9 Å². The van der Waals surface area contributed by atoms with Gasteiger partial charge in [0.05, 0.1) is 9.75 Å². The Balaban J connectivity index is 1.75. The quantitative estimate of drug-likeness (QED) is 0.784. The lowest BCUT2D eigenvalue weighted by Gasteiger charge is -2.31. The third-order valence-electron chi connectivity index (χ3n) is 4.07. The number of likely N-dealkylation sites (N-methyl/N-ethyl adjacent to an activating group) is 1. The Kier molecular flexibility index (Phi) is 3.32. The van der Waals surface area contributed by atoms with Crippen molar-refractivity contribution in [1.29, 1.82) is 0 Å². The molecule has 3 heterocycles. The maximum atomic E-state index is 12.4. The summed E-state index contributed by atoms with van der Waals surface area (Å²) >= 11 is 0.617. The summed E-state index contributed by atoms with van der Waals surface area (Å²) in [5.41, 5.74) is 0. The molecule has 2 fully saturated rings. The first-order valence-electron chi connectivity index (χ1n) is 6.50. The monoisotopic (exact) mass is 318 g/mol. The largest absolute Gasteiger partial charge is 0.455 e. The van der Waals surface area contributed by atoms with Crippen molar-refractivity contribution in [2.24, 2.45) is 0 Å². The maximum absolute atomic E-state index is 12.4. The molecule has 0 spiro atoms.